The lowest BCUT2D eigenvalue weighted by Gasteiger charge is -2.15. The Hall–Kier alpha value is -1.26. The van der Waals surface area contributed by atoms with Crippen LogP contribution in [0, 0.1) is 18.6 Å². The Morgan fingerprint density at radius 1 is 1.14 bits per heavy atom. The number of hydrogen-bond acceptors (Lipinski definition) is 2. The Morgan fingerprint density at radius 3 is 2.57 bits per heavy atom. The molecule has 2 rings (SSSR count). The van der Waals surface area contributed by atoms with Gasteiger partial charge in [0.25, 0.3) is 0 Å². The van der Waals surface area contributed by atoms with Gasteiger partial charge >= 0.3 is 0 Å². The summed E-state index contributed by atoms with van der Waals surface area (Å²) in [5.74, 6) is -0.958. The second-order valence-electron chi connectivity index (χ2n) is 5.15. The first kappa shape index (κ1) is 16.1. The predicted molar refractivity (Wildman–Crippen MR) is 85.7 cm³/mol. The summed E-state index contributed by atoms with van der Waals surface area (Å²) in [7, 11) is 0. The van der Waals surface area contributed by atoms with Crippen LogP contribution in [-0.2, 0) is 0 Å². The number of nitrogens with one attached hydrogen (secondary N) is 1. The van der Waals surface area contributed by atoms with Crippen LogP contribution in [0.5, 0.6) is 0 Å². The first-order valence-electron chi connectivity index (χ1n) is 7.36. The van der Waals surface area contributed by atoms with Crippen LogP contribution in [0.2, 0.25) is 0 Å². The van der Waals surface area contributed by atoms with E-state index in [1.165, 1.54) is 23.5 Å². The van der Waals surface area contributed by atoms with E-state index >= 15 is 0 Å². The lowest BCUT2D eigenvalue weighted by Crippen LogP contribution is -2.19. The number of hydrogen-bond donors (Lipinski definition) is 1. The molecule has 1 aromatic heterocycles. The molecule has 0 spiro atoms. The first-order chi connectivity index (χ1) is 10.1. The van der Waals surface area contributed by atoms with Crippen molar-refractivity contribution in [3.8, 4) is 10.4 Å². The summed E-state index contributed by atoms with van der Waals surface area (Å²) in [5, 5.41) is 3.43. The average Bonchev–Trinajstić information content (AvgIpc) is 2.93. The second-order valence-corrected chi connectivity index (χ2v) is 6.27. The Morgan fingerprint density at radius 2 is 1.90 bits per heavy atom. The van der Waals surface area contributed by atoms with Gasteiger partial charge < -0.3 is 5.32 Å². The molecule has 0 saturated carbocycles. The summed E-state index contributed by atoms with van der Waals surface area (Å²) in [4.78, 5) is 1.79. The maximum absolute atomic E-state index is 14.2. The van der Waals surface area contributed by atoms with Crippen molar-refractivity contribution in [1.29, 1.82) is 0 Å². The zero-order valence-electron chi connectivity index (χ0n) is 12.7. The molecule has 0 amide bonds. The fourth-order valence-electron chi connectivity index (χ4n) is 2.44. The van der Waals surface area contributed by atoms with E-state index in [9.17, 15) is 8.78 Å². The summed E-state index contributed by atoms with van der Waals surface area (Å²) in [6.07, 6.45) is 2.09. The van der Waals surface area contributed by atoms with Gasteiger partial charge in [0.05, 0.1) is 5.56 Å². The Bertz CT molecular complexity index is 601. The molecule has 21 heavy (non-hydrogen) atoms. The summed E-state index contributed by atoms with van der Waals surface area (Å²) in [5.41, 5.74) is 0.566. The third-order valence-electron chi connectivity index (χ3n) is 3.53. The van der Waals surface area contributed by atoms with Gasteiger partial charge in [-0.25, -0.2) is 8.78 Å². The molecule has 0 fully saturated rings. The van der Waals surface area contributed by atoms with Crippen LogP contribution >= 0.6 is 11.3 Å². The molecule has 4 heteroatoms. The van der Waals surface area contributed by atoms with Crippen molar-refractivity contribution in [2.45, 2.75) is 39.7 Å². The lowest BCUT2D eigenvalue weighted by molar-refractivity contribution is 0.516. The van der Waals surface area contributed by atoms with Crippen molar-refractivity contribution in [2.24, 2.45) is 0 Å². The minimum atomic E-state index is -0.498. The highest BCUT2D eigenvalue weighted by Gasteiger charge is 2.18. The van der Waals surface area contributed by atoms with Crippen molar-refractivity contribution in [2.75, 3.05) is 6.54 Å². The standard InChI is InChI=1S/C17H21F2NS/c1-4-6-13(20-5-2)14-9-10-15(21-14)16-12(18)8-7-11(3)17(16)19/h7-10,13,20H,4-6H2,1-3H3. The molecule has 1 nitrogen and oxygen atoms in total. The Kier molecular flexibility index (Phi) is 5.48. The van der Waals surface area contributed by atoms with Crippen LogP contribution in [0.3, 0.4) is 0 Å². The number of aryl methyl sites for hydroxylation is 1. The van der Waals surface area contributed by atoms with E-state index in [0.29, 0.717) is 10.4 Å². The molecule has 0 radical (unpaired) electrons. The SMILES string of the molecule is CCCC(NCC)c1ccc(-c2c(F)ccc(C)c2F)s1. The molecule has 1 aromatic carbocycles. The van der Waals surface area contributed by atoms with Crippen LogP contribution in [0.15, 0.2) is 24.3 Å². The van der Waals surface area contributed by atoms with Crippen molar-refractivity contribution in [1.82, 2.24) is 5.32 Å². The molecular weight excluding hydrogens is 288 g/mol. The van der Waals surface area contributed by atoms with E-state index < -0.39 is 11.6 Å². The highest BCUT2D eigenvalue weighted by molar-refractivity contribution is 7.15. The van der Waals surface area contributed by atoms with Crippen LogP contribution in [0.1, 0.15) is 43.2 Å². The van der Waals surface area contributed by atoms with E-state index in [2.05, 4.69) is 19.2 Å². The minimum absolute atomic E-state index is 0.0954. The monoisotopic (exact) mass is 309 g/mol. The van der Waals surface area contributed by atoms with Gasteiger partial charge in [-0.15, -0.1) is 11.3 Å². The third kappa shape index (κ3) is 3.50. The Balaban J connectivity index is 2.38. The van der Waals surface area contributed by atoms with Gasteiger partial charge in [-0.3, -0.25) is 0 Å². The number of halogens is 2. The van der Waals surface area contributed by atoms with Crippen molar-refractivity contribution >= 4 is 11.3 Å². The van der Waals surface area contributed by atoms with Gasteiger partial charge in [0, 0.05) is 15.8 Å². The molecule has 114 valence electrons. The number of thiophene rings is 1. The summed E-state index contributed by atoms with van der Waals surface area (Å²) < 4.78 is 28.2. The average molecular weight is 309 g/mol. The second kappa shape index (κ2) is 7.14. The molecule has 1 heterocycles. The highest BCUT2D eigenvalue weighted by atomic mass is 32.1. The van der Waals surface area contributed by atoms with Crippen LogP contribution in [0.25, 0.3) is 10.4 Å². The number of benzene rings is 1. The number of rotatable bonds is 6. The Labute approximate surface area is 129 Å². The molecule has 1 atom stereocenters. The lowest BCUT2D eigenvalue weighted by atomic mass is 10.1. The van der Waals surface area contributed by atoms with Gasteiger partial charge in [0.1, 0.15) is 11.6 Å². The normalized spacial score (nSPS) is 12.6. The topological polar surface area (TPSA) is 12.0 Å². The third-order valence-corrected chi connectivity index (χ3v) is 4.75. The first-order valence-corrected chi connectivity index (χ1v) is 8.18. The van der Waals surface area contributed by atoms with Gasteiger partial charge in [-0.1, -0.05) is 26.3 Å². The van der Waals surface area contributed by atoms with Crippen molar-refractivity contribution < 1.29 is 8.78 Å². The molecule has 1 N–H and O–H groups in total. The van der Waals surface area contributed by atoms with E-state index in [1.807, 2.05) is 12.1 Å². The fourth-order valence-corrected chi connectivity index (χ4v) is 3.60. The molecule has 2 aromatic rings. The van der Waals surface area contributed by atoms with E-state index in [0.717, 1.165) is 24.3 Å². The maximum Gasteiger partial charge on any atom is 0.137 e. The summed E-state index contributed by atoms with van der Waals surface area (Å²) in [6.45, 7) is 6.74. The van der Waals surface area contributed by atoms with E-state index in [1.54, 1.807) is 6.92 Å². The predicted octanol–water partition coefficient (Wildman–Crippen LogP) is 5.45. The quantitative estimate of drug-likeness (QED) is 0.748. The molecule has 1 unspecified atom stereocenters. The smallest absolute Gasteiger partial charge is 0.137 e. The molecule has 0 saturated heterocycles. The van der Waals surface area contributed by atoms with Gasteiger partial charge in [0.2, 0.25) is 0 Å². The zero-order chi connectivity index (χ0) is 15.4. The molecule has 0 aliphatic rings. The van der Waals surface area contributed by atoms with Gasteiger partial charge in [-0.05, 0) is 43.7 Å². The highest BCUT2D eigenvalue weighted by Crippen LogP contribution is 2.36. The maximum atomic E-state index is 14.2. The van der Waals surface area contributed by atoms with Crippen molar-refractivity contribution in [3.05, 3.63) is 46.3 Å². The molecular formula is C17H21F2NS. The van der Waals surface area contributed by atoms with Gasteiger partial charge in [-0.2, -0.15) is 0 Å². The minimum Gasteiger partial charge on any atom is -0.310 e. The zero-order valence-corrected chi connectivity index (χ0v) is 13.5. The molecule has 0 aliphatic heterocycles. The fraction of sp³-hybridized carbons (Fsp3) is 0.412. The van der Waals surface area contributed by atoms with Crippen molar-refractivity contribution in [3.63, 3.8) is 0 Å². The summed E-state index contributed by atoms with van der Waals surface area (Å²) >= 11 is 1.47. The van der Waals surface area contributed by atoms with Crippen LogP contribution in [-0.4, -0.2) is 6.54 Å². The van der Waals surface area contributed by atoms with Crippen LogP contribution < -0.4 is 5.32 Å². The summed E-state index contributed by atoms with van der Waals surface area (Å²) in [6, 6.07) is 6.86. The molecule has 0 bridgehead atoms. The van der Waals surface area contributed by atoms with E-state index in [4.69, 9.17) is 0 Å². The largest absolute Gasteiger partial charge is 0.310 e. The molecule has 0 aliphatic carbocycles. The van der Waals surface area contributed by atoms with Crippen LogP contribution in [0.4, 0.5) is 8.78 Å². The van der Waals surface area contributed by atoms with E-state index in [-0.39, 0.29) is 11.6 Å². The van der Waals surface area contributed by atoms with Gasteiger partial charge in [0.15, 0.2) is 0 Å².